The summed E-state index contributed by atoms with van der Waals surface area (Å²) in [5.41, 5.74) is 0.846. The van der Waals surface area contributed by atoms with Crippen molar-refractivity contribution < 1.29 is 19.7 Å². The van der Waals surface area contributed by atoms with Crippen LogP contribution >= 0.6 is 0 Å². The van der Waals surface area contributed by atoms with E-state index in [1.54, 1.807) is 0 Å². The number of ether oxygens (including phenoxy) is 1. The molecular weight excluding hydrogens is 244 g/mol. The number of esters is 1. The minimum absolute atomic E-state index is 0.191. The first kappa shape index (κ1) is 12.9. The van der Waals surface area contributed by atoms with Crippen LogP contribution in [0.15, 0.2) is 24.3 Å². The first-order chi connectivity index (χ1) is 8.86. The number of fused-ring (bicyclic) bond motifs is 2. The van der Waals surface area contributed by atoms with Crippen LogP contribution in [0.1, 0.15) is 26.2 Å². The van der Waals surface area contributed by atoms with Crippen LogP contribution in [0.4, 0.5) is 0 Å². The molecule has 0 aromatic heterocycles. The molecular formula is C15H20O4. The summed E-state index contributed by atoms with van der Waals surface area (Å²) in [6.07, 6.45) is 0.333. The zero-order chi connectivity index (χ0) is 13.9. The monoisotopic (exact) mass is 264 g/mol. The second-order valence-electron chi connectivity index (χ2n) is 6.39. The lowest BCUT2D eigenvalue weighted by Gasteiger charge is -2.54. The third-order valence-electron chi connectivity index (χ3n) is 5.32. The molecule has 104 valence electrons. The molecule has 0 bridgehead atoms. The second kappa shape index (κ2) is 3.93. The van der Waals surface area contributed by atoms with Crippen molar-refractivity contribution in [2.24, 2.45) is 17.3 Å². The Morgan fingerprint density at radius 1 is 1.37 bits per heavy atom. The number of carbonyl (C=O) groups is 1. The van der Waals surface area contributed by atoms with E-state index in [-0.39, 0.29) is 17.9 Å². The van der Waals surface area contributed by atoms with Crippen molar-refractivity contribution in [3.63, 3.8) is 0 Å². The van der Waals surface area contributed by atoms with Crippen LogP contribution in [0.25, 0.3) is 0 Å². The molecule has 19 heavy (non-hydrogen) atoms. The van der Waals surface area contributed by atoms with Crippen molar-refractivity contribution >= 4 is 5.97 Å². The largest absolute Gasteiger partial charge is 0.458 e. The molecule has 0 aromatic rings. The first-order valence-electron chi connectivity index (χ1n) is 6.80. The predicted molar refractivity (Wildman–Crippen MR) is 69.1 cm³/mol. The molecule has 3 rings (SSSR count). The topological polar surface area (TPSA) is 66.8 Å². The van der Waals surface area contributed by atoms with Crippen molar-refractivity contribution in [3.8, 4) is 0 Å². The van der Waals surface area contributed by atoms with Crippen LogP contribution in [0, 0.1) is 17.3 Å². The highest BCUT2D eigenvalue weighted by atomic mass is 16.6. The van der Waals surface area contributed by atoms with E-state index >= 15 is 0 Å². The van der Waals surface area contributed by atoms with E-state index in [0.29, 0.717) is 18.4 Å². The van der Waals surface area contributed by atoms with Crippen molar-refractivity contribution in [1.29, 1.82) is 0 Å². The molecule has 0 aromatic carbocycles. The van der Waals surface area contributed by atoms with Crippen molar-refractivity contribution in [3.05, 3.63) is 24.3 Å². The Bertz CT molecular complexity index is 469. The fourth-order valence-electron chi connectivity index (χ4n) is 4.26. The lowest BCUT2D eigenvalue weighted by molar-refractivity contribution is -0.157. The zero-order valence-corrected chi connectivity index (χ0v) is 11.1. The molecule has 1 heterocycles. The van der Waals surface area contributed by atoms with Crippen molar-refractivity contribution in [2.45, 2.75) is 44.5 Å². The average Bonchev–Trinajstić information content (AvgIpc) is 2.60. The number of hydrogen-bond donors (Lipinski definition) is 2. The highest BCUT2D eigenvalue weighted by Gasteiger charge is 2.60. The van der Waals surface area contributed by atoms with Gasteiger partial charge in [0.2, 0.25) is 0 Å². The Kier molecular flexibility index (Phi) is 2.67. The van der Waals surface area contributed by atoms with Gasteiger partial charge in [-0.1, -0.05) is 25.7 Å². The summed E-state index contributed by atoms with van der Waals surface area (Å²) in [5, 5.41) is 21.0. The van der Waals surface area contributed by atoms with Crippen LogP contribution in [-0.2, 0) is 9.53 Å². The average molecular weight is 264 g/mol. The standard InChI is InChI=1S/C15H20O4/c1-7-4-5-10(16)15(3)6-9-11(13(17)12(7)15)8(2)14(18)19-9/h9-13,16-17H,1-2,4-6H2,3H3/t9-,10+,11+,12+,13-,15+/m0/s1. The van der Waals surface area contributed by atoms with E-state index in [9.17, 15) is 15.0 Å². The summed E-state index contributed by atoms with van der Waals surface area (Å²) in [7, 11) is 0. The number of aliphatic hydroxyl groups excluding tert-OH is 2. The molecule has 1 saturated heterocycles. The molecule has 6 atom stereocenters. The Hall–Kier alpha value is -1.13. The zero-order valence-electron chi connectivity index (χ0n) is 11.1. The van der Waals surface area contributed by atoms with Gasteiger partial charge in [0.25, 0.3) is 0 Å². The van der Waals surface area contributed by atoms with E-state index in [2.05, 4.69) is 13.2 Å². The third kappa shape index (κ3) is 1.56. The molecule has 2 saturated carbocycles. The van der Waals surface area contributed by atoms with Gasteiger partial charge in [0.15, 0.2) is 0 Å². The van der Waals surface area contributed by atoms with Gasteiger partial charge in [-0.25, -0.2) is 4.79 Å². The summed E-state index contributed by atoms with van der Waals surface area (Å²) >= 11 is 0. The van der Waals surface area contributed by atoms with Gasteiger partial charge in [-0.15, -0.1) is 0 Å². The molecule has 0 spiro atoms. The Morgan fingerprint density at radius 2 is 2.05 bits per heavy atom. The fourth-order valence-corrected chi connectivity index (χ4v) is 4.26. The normalized spacial score (nSPS) is 49.6. The third-order valence-corrected chi connectivity index (χ3v) is 5.32. The van der Waals surface area contributed by atoms with Gasteiger partial charge >= 0.3 is 5.97 Å². The van der Waals surface area contributed by atoms with E-state index < -0.39 is 23.6 Å². The summed E-state index contributed by atoms with van der Waals surface area (Å²) in [6, 6.07) is 0. The maximum Gasteiger partial charge on any atom is 0.334 e. The van der Waals surface area contributed by atoms with E-state index in [1.165, 1.54) is 0 Å². The predicted octanol–water partition coefficient (Wildman–Crippen LogP) is 1.18. The second-order valence-corrected chi connectivity index (χ2v) is 6.39. The Morgan fingerprint density at radius 3 is 2.74 bits per heavy atom. The quantitative estimate of drug-likeness (QED) is 0.392. The molecule has 2 N–H and O–H groups in total. The molecule has 0 radical (unpaired) electrons. The van der Waals surface area contributed by atoms with Crippen molar-refractivity contribution in [1.82, 2.24) is 0 Å². The van der Waals surface area contributed by atoms with Crippen LogP contribution in [0.5, 0.6) is 0 Å². The van der Waals surface area contributed by atoms with Gasteiger partial charge in [-0.2, -0.15) is 0 Å². The summed E-state index contributed by atoms with van der Waals surface area (Å²) in [5.74, 6) is -0.965. The number of rotatable bonds is 0. The molecule has 3 fully saturated rings. The Labute approximate surface area is 112 Å². The van der Waals surface area contributed by atoms with Crippen molar-refractivity contribution in [2.75, 3.05) is 0 Å². The molecule has 4 heteroatoms. The van der Waals surface area contributed by atoms with Crippen LogP contribution < -0.4 is 0 Å². The lowest BCUT2D eigenvalue weighted by atomic mass is 9.53. The smallest absolute Gasteiger partial charge is 0.334 e. The number of carbonyl (C=O) groups excluding carboxylic acids is 1. The molecule has 4 nitrogen and oxygen atoms in total. The van der Waals surface area contributed by atoms with Crippen LogP contribution in [0.2, 0.25) is 0 Å². The summed E-state index contributed by atoms with van der Waals surface area (Å²) in [4.78, 5) is 11.6. The maximum absolute atomic E-state index is 11.6. The van der Waals surface area contributed by atoms with Gasteiger partial charge in [0.1, 0.15) is 6.10 Å². The molecule has 1 aliphatic heterocycles. The minimum atomic E-state index is -0.745. The van der Waals surface area contributed by atoms with Gasteiger partial charge in [0.05, 0.1) is 18.1 Å². The Balaban J connectivity index is 2.02. The highest BCUT2D eigenvalue weighted by molar-refractivity contribution is 5.91. The SMILES string of the molecule is C=C1C(=O)O[C@H]2C[C@]3(C)[C@H](O)CCC(=C)[C@@H]3[C@@H](O)[C@H]12. The van der Waals surface area contributed by atoms with E-state index in [0.717, 1.165) is 12.0 Å². The van der Waals surface area contributed by atoms with Crippen LogP contribution in [0.3, 0.4) is 0 Å². The van der Waals surface area contributed by atoms with Gasteiger partial charge in [-0.05, 0) is 19.3 Å². The van der Waals surface area contributed by atoms with Gasteiger partial charge in [-0.3, -0.25) is 0 Å². The van der Waals surface area contributed by atoms with E-state index in [4.69, 9.17) is 4.74 Å². The van der Waals surface area contributed by atoms with Gasteiger partial charge in [0, 0.05) is 16.9 Å². The number of hydrogen-bond acceptors (Lipinski definition) is 4. The fraction of sp³-hybridized carbons (Fsp3) is 0.667. The van der Waals surface area contributed by atoms with E-state index in [1.807, 2.05) is 6.92 Å². The lowest BCUT2D eigenvalue weighted by Crippen LogP contribution is -2.57. The maximum atomic E-state index is 11.6. The van der Waals surface area contributed by atoms with Crippen LogP contribution in [-0.4, -0.2) is 34.5 Å². The highest BCUT2D eigenvalue weighted by Crippen LogP contribution is 2.56. The van der Waals surface area contributed by atoms with Gasteiger partial charge < -0.3 is 14.9 Å². The molecule has 2 aliphatic carbocycles. The minimum Gasteiger partial charge on any atom is -0.458 e. The molecule has 0 amide bonds. The molecule has 0 unspecified atom stereocenters. The summed E-state index contributed by atoms with van der Waals surface area (Å²) < 4.78 is 5.31. The molecule has 3 aliphatic rings. The number of aliphatic hydroxyl groups is 2. The summed E-state index contributed by atoms with van der Waals surface area (Å²) in [6.45, 7) is 9.77. The first-order valence-corrected chi connectivity index (χ1v) is 6.80.